The van der Waals surface area contributed by atoms with E-state index in [1.807, 2.05) is 30.3 Å². The minimum Gasteiger partial charge on any atom is -0.469 e. The second-order valence-corrected chi connectivity index (χ2v) is 11.0. The molecular formula is C31H38FN3O4. The molecular weight excluding hydrogens is 497 g/mol. The number of methoxy groups -OCH3 is 1. The third-order valence-electron chi connectivity index (χ3n) is 8.47. The van der Waals surface area contributed by atoms with E-state index in [2.05, 4.69) is 5.32 Å². The van der Waals surface area contributed by atoms with Gasteiger partial charge in [0.1, 0.15) is 5.82 Å². The smallest absolute Gasteiger partial charge is 0.331 e. The molecule has 1 aromatic heterocycles. The summed E-state index contributed by atoms with van der Waals surface area (Å²) in [6.45, 7) is 0.143. The first-order valence-corrected chi connectivity index (χ1v) is 14.4. The van der Waals surface area contributed by atoms with E-state index in [1.54, 1.807) is 10.6 Å². The number of nitrogens with one attached hydrogen (secondary N) is 1. The van der Waals surface area contributed by atoms with Crippen molar-refractivity contribution >= 4 is 22.6 Å². The first-order chi connectivity index (χ1) is 19.0. The van der Waals surface area contributed by atoms with Crippen LogP contribution in [0.25, 0.3) is 10.9 Å². The summed E-state index contributed by atoms with van der Waals surface area (Å²) < 4.78 is 23.3. The highest BCUT2D eigenvalue weighted by molar-refractivity contribution is 5.82. The SMILES string of the molecule is COC(=O)C(CCCn1c(=O)c2cc(F)c(NC3CCCCC3)cc2n(C2CCCC2)c1=O)c1ccccc1. The van der Waals surface area contributed by atoms with Crippen LogP contribution in [0.4, 0.5) is 10.1 Å². The number of carbonyl (C=O) groups is 1. The molecule has 5 rings (SSSR count). The number of ether oxygens (including phenoxy) is 1. The highest BCUT2D eigenvalue weighted by Crippen LogP contribution is 2.32. The molecule has 2 aliphatic rings. The summed E-state index contributed by atoms with van der Waals surface area (Å²) >= 11 is 0. The Hall–Kier alpha value is -3.42. The zero-order valence-corrected chi connectivity index (χ0v) is 22.7. The molecule has 7 nitrogen and oxygen atoms in total. The van der Waals surface area contributed by atoms with Crippen molar-refractivity contribution < 1.29 is 13.9 Å². The second-order valence-electron chi connectivity index (χ2n) is 11.0. The molecule has 0 radical (unpaired) electrons. The van der Waals surface area contributed by atoms with Gasteiger partial charge in [0.05, 0.1) is 29.6 Å². The van der Waals surface area contributed by atoms with Gasteiger partial charge >= 0.3 is 11.7 Å². The molecule has 1 heterocycles. The van der Waals surface area contributed by atoms with Gasteiger partial charge in [0.25, 0.3) is 5.56 Å². The van der Waals surface area contributed by atoms with Crippen LogP contribution in [-0.2, 0) is 16.1 Å². The Kier molecular flexibility index (Phi) is 8.48. The van der Waals surface area contributed by atoms with Gasteiger partial charge in [-0.05, 0) is 56.2 Å². The molecule has 2 fully saturated rings. The average molecular weight is 536 g/mol. The van der Waals surface area contributed by atoms with Crippen molar-refractivity contribution in [3.8, 4) is 0 Å². The van der Waals surface area contributed by atoms with E-state index in [1.165, 1.54) is 24.2 Å². The van der Waals surface area contributed by atoms with E-state index in [4.69, 9.17) is 4.74 Å². The van der Waals surface area contributed by atoms with E-state index in [0.717, 1.165) is 56.9 Å². The molecule has 2 aliphatic carbocycles. The molecule has 1 unspecified atom stereocenters. The van der Waals surface area contributed by atoms with Gasteiger partial charge in [0.2, 0.25) is 0 Å². The number of aromatic nitrogens is 2. The number of nitrogens with zero attached hydrogens (tertiary/aromatic N) is 2. The molecule has 39 heavy (non-hydrogen) atoms. The Morgan fingerprint density at radius 3 is 2.41 bits per heavy atom. The molecule has 2 aromatic carbocycles. The Morgan fingerprint density at radius 1 is 1.03 bits per heavy atom. The predicted octanol–water partition coefficient (Wildman–Crippen LogP) is 5.90. The van der Waals surface area contributed by atoms with E-state index in [9.17, 15) is 14.4 Å². The van der Waals surface area contributed by atoms with Crippen LogP contribution >= 0.6 is 0 Å². The van der Waals surface area contributed by atoms with Crippen LogP contribution < -0.4 is 16.6 Å². The number of hydrogen-bond acceptors (Lipinski definition) is 5. The van der Waals surface area contributed by atoms with Gasteiger partial charge in [0, 0.05) is 18.6 Å². The lowest BCUT2D eigenvalue weighted by Gasteiger charge is -2.25. The van der Waals surface area contributed by atoms with Crippen LogP contribution in [0.1, 0.15) is 88.2 Å². The number of carbonyl (C=O) groups excluding carboxylic acids is 1. The molecule has 0 aliphatic heterocycles. The summed E-state index contributed by atoms with van der Waals surface area (Å²) in [5.74, 6) is -1.31. The lowest BCUT2D eigenvalue weighted by atomic mass is 9.94. The van der Waals surface area contributed by atoms with Crippen molar-refractivity contribution in [3.63, 3.8) is 0 Å². The van der Waals surface area contributed by atoms with Crippen LogP contribution in [0.5, 0.6) is 0 Å². The summed E-state index contributed by atoms with van der Waals surface area (Å²) in [5, 5.41) is 3.57. The fraction of sp³-hybridized carbons (Fsp3) is 0.516. The van der Waals surface area contributed by atoms with E-state index >= 15 is 4.39 Å². The van der Waals surface area contributed by atoms with Crippen molar-refractivity contribution in [2.45, 2.75) is 95.2 Å². The molecule has 3 aromatic rings. The summed E-state index contributed by atoms with van der Waals surface area (Å²) in [6.07, 6.45) is 10.00. The average Bonchev–Trinajstić information content (AvgIpc) is 3.49. The standard InChI is InChI=1S/C31H38FN3O4/c1-39-30(37)24(21-11-4-2-5-12-21)17-10-18-34-29(36)25-19-26(32)27(33-22-13-6-3-7-14-22)20-28(25)35(31(34)38)23-15-8-9-16-23/h2,4-5,11-12,19-20,22-24,33H,3,6-10,13-18H2,1H3. The second kappa shape index (κ2) is 12.2. The first kappa shape index (κ1) is 27.2. The summed E-state index contributed by atoms with van der Waals surface area (Å²) in [4.78, 5) is 39.9. The number of fused-ring (bicyclic) bond motifs is 1. The number of anilines is 1. The summed E-state index contributed by atoms with van der Waals surface area (Å²) in [5.41, 5.74) is 0.857. The van der Waals surface area contributed by atoms with Gasteiger partial charge in [-0.25, -0.2) is 9.18 Å². The maximum absolute atomic E-state index is 15.3. The lowest BCUT2D eigenvalue weighted by molar-refractivity contribution is -0.142. The molecule has 0 amide bonds. The number of esters is 1. The third kappa shape index (κ3) is 5.80. The van der Waals surface area contributed by atoms with E-state index in [0.29, 0.717) is 24.0 Å². The molecule has 0 spiro atoms. The van der Waals surface area contributed by atoms with Crippen molar-refractivity contribution in [1.29, 1.82) is 0 Å². The third-order valence-corrected chi connectivity index (χ3v) is 8.47. The Labute approximate surface area is 228 Å². The van der Waals surface area contributed by atoms with Crippen LogP contribution in [0.2, 0.25) is 0 Å². The minimum atomic E-state index is -0.490. The largest absolute Gasteiger partial charge is 0.469 e. The number of halogens is 1. The van der Waals surface area contributed by atoms with Crippen LogP contribution in [0.15, 0.2) is 52.1 Å². The molecule has 0 bridgehead atoms. The van der Waals surface area contributed by atoms with Gasteiger partial charge in [-0.2, -0.15) is 0 Å². The summed E-state index contributed by atoms with van der Waals surface area (Å²) in [6, 6.07) is 12.5. The quantitative estimate of drug-likeness (QED) is 0.345. The van der Waals surface area contributed by atoms with Gasteiger partial charge in [-0.15, -0.1) is 0 Å². The van der Waals surface area contributed by atoms with Crippen molar-refractivity contribution in [3.05, 3.63) is 74.7 Å². The normalized spacial score (nSPS) is 17.4. The van der Waals surface area contributed by atoms with Crippen LogP contribution in [0.3, 0.4) is 0 Å². The topological polar surface area (TPSA) is 82.3 Å². The maximum atomic E-state index is 15.3. The van der Waals surface area contributed by atoms with Gasteiger partial charge in [-0.1, -0.05) is 62.4 Å². The monoisotopic (exact) mass is 535 g/mol. The Morgan fingerprint density at radius 2 is 1.72 bits per heavy atom. The predicted molar refractivity (Wildman–Crippen MR) is 151 cm³/mol. The number of hydrogen-bond donors (Lipinski definition) is 1. The first-order valence-electron chi connectivity index (χ1n) is 14.4. The molecule has 0 saturated heterocycles. The van der Waals surface area contributed by atoms with Crippen LogP contribution in [-0.4, -0.2) is 28.3 Å². The lowest BCUT2D eigenvalue weighted by Crippen LogP contribution is -2.41. The van der Waals surface area contributed by atoms with E-state index < -0.39 is 17.3 Å². The number of rotatable bonds is 9. The number of benzene rings is 2. The highest BCUT2D eigenvalue weighted by Gasteiger charge is 2.26. The molecule has 8 heteroatoms. The maximum Gasteiger partial charge on any atom is 0.331 e. The van der Waals surface area contributed by atoms with Gasteiger partial charge in [0.15, 0.2) is 0 Å². The highest BCUT2D eigenvalue weighted by atomic mass is 19.1. The molecule has 1 atom stereocenters. The molecule has 1 N–H and O–H groups in total. The molecule has 208 valence electrons. The van der Waals surface area contributed by atoms with Crippen molar-refractivity contribution in [2.75, 3.05) is 12.4 Å². The fourth-order valence-corrected chi connectivity index (χ4v) is 6.39. The van der Waals surface area contributed by atoms with E-state index in [-0.39, 0.29) is 35.7 Å². The fourth-order valence-electron chi connectivity index (χ4n) is 6.39. The zero-order valence-electron chi connectivity index (χ0n) is 22.7. The van der Waals surface area contributed by atoms with Crippen LogP contribution in [0, 0.1) is 5.82 Å². The molecule has 2 saturated carbocycles. The van der Waals surface area contributed by atoms with Gasteiger partial charge < -0.3 is 10.1 Å². The minimum absolute atomic E-state index is 0.0213. The Bertz CT molecular complexity index is 1420. The van der Waals surface area contributed by atoms with Crippen molar-refractivity contribution in [1.82, 2.24) is 9.13 Å². The van der Waals surface area contributed by atoms with Gasteiger partial charge in [-0.3, -0.25) is 18.7 Å². The Balaban J connectivity index is 1.49. The summed E-state index contributed by atoms with van der Waals surface area (Å²) in [7, 11) is 1.36. The van der Waals surface area contributed by atoms with Crippen molar-refractivity contribution in [2.24, 2.45) is 0 Å². The zero-order chi connectivity index (χ0) is 27.4.